The van der Waals surface area contributed by atoms with Gasteiger partial charge in [0.1, 0.15) is 18.0 Å². The highest BCUT2D eigenvalue weighted by molar-refractivity contribution is 5.78. The van der Waals surface area contributed by atoms with E-state index in [1.54, 1.807) is 28.6 Å². The Morgan fingerprint density at radius 1 is 1.06 bits per heavy atom. The Bertz CT molecular complexity index is 1240. The summed E-state index contributed by atoms with van der Waals surface area (Å²) in [5.74, 6) is 1.22. The normalized spacial score (nSPS) is 13.1. The lowest BCUT2D eigenvalue weighted by molar-refractivity contribution is -0.132. The van der Waals surface area contributed by atoms with Crippen LogP contribution in [-0.4, -0.2) is 25.6 Å². The van der Waals surface area contributed by atoms with Gasteiger partial charge in [-0.25, -0.2) is 13.8 Å². The average Bonchev–Trinajstić information content (AvgIpc) is 3.47. The molecule has 0 unspecified atom stereocenters. The van der Waals surface area contributed by atoms with Crippen molar-refractivity contribution < 1.29 is 18.0 Å². The molecule has 0 fully saturated rings. The van der Waals surface area contributed by atoms with Crippen LogP contribution in [0.2, 0.25) is 0 Å². The first-order valence-electron chi connectivity index (χ1n) is 10.2. The zero-order valence-corrected chi connectivity index (χ0v) is 17.3. The molecule has 6 nitrogen and oxygen atoms in total. The van der Waals surface area contributed by atoms with E-state index in [4.69, 9.17) is 4.42 Å². The number of halogens is 2. The number of oxazole rings is 1. The molecular weight excluding hydrogens is 414 g/mol. The third-order valence-corrected chi connectivity index (χ3v) is 5.51. The van der Waals surface area contributed by atoms with E-state index in [2.05, 4.69) is 10.1 Å². The molecule has 3 heterocycles. The average molecular weight is 434 g/mol. The molecule has 1 aliphatic heterocycles. The summed E-state index contributed by atoms with van der Waals surface area (Å²) in [5, 5.41) is 4.64. The van der Waals surface area contributed by atoms with Crippen LogP contribution in [0.3, 0.4) is 0 Å². The number of carbonyl (C=O) groups is 1. The monoisotopic (exact) mass is 434 g/mol. The van der Waals surface area contributed by atoms with Crippen molar-refractivity contribution in [3.63, 3.8) is 0 Å². The standard InChI is InChI=1S/C24H20F2N4O2/c1-15-27-20-12-29(13-22(20)32-15)23(31)14-30-21(17-5-3-2-4-6-17)11-19(28-30)16-7-9-18(10-8-16)24(25)26/h2-11,24H,12-14H2,1H3. The van der Waals surface area contributed by atoms with Gasteiger partial charge in [-0.15, -0.1) is 0 Å². The predicted molar refractivity (Wildman–Crippen MR) is 114 cm³/mol. The SMILES string of the molecule is Cc1nc2c(o1)CN(C(=O)Cn1nc(-c3ccc(C(F)F)cc3)cc1-c1ccccc1)C2. The topological polar surface area (TPSA) is 64.2 Å². The van der Waals surface area contributed by atoms with Crippen LogP contribution in [0.4, 0.5) is 8.78 Å². The Kier molecular flexibility index (Phi) is 5.05. The number of fused-ring (bicyclic) bond motifs is 1. The van der Waals surface area contributed by atoms with Crippen LogP contribution in [0.15, 0.2) is 65.1 Å². The molecule has 162 valence electrons. The highest BCUT2D eigenvalue weighted by Gasteiger charge is 2.29. The molecular formula is C24H20F2N4O2. The number of benzene rings is 2. The fourth-order valence-corrected chi connectivity index (χ4v) is 3.89. The molecule has 0 atom stereocenters. The van der Waals surface area contributed by atoms with Crippen molar-refractivity contribution in [1.82, 2.24) is 19.7 Å². The summed E-state index contributed by atoms with van der Waals surface area (Å²) < 4.78 is 33.0. The number of aryl methyl sites for hydroxylation is 1. The fraction of sp³-hybridized carbons (Fsp3) is 0.208. The van der Waals surface area contributed by atoms with Crippen molar-refractivity contribution in [3.8, 4) is 22.5 Å². The summed E-state index contributed by atoms with van der Waals surface area (Å²) in [6, 6.07) is 17.5. The van der Waals surface area contributed by atoms with Crippen LogP contribution in [0.5, 0.6) is 0 Å². The van der Waals surface area contributed by atoms with Gasteiger partial charge in [0.25, 0.3) is 6.43 Å². The molecule has 32 heavy (non-hydrogen) atoms. The first kappa shape index (κ1) is 20.1. The molecule has 0 spiro atoms. The third-order valence-electron chi connectivity index (χ3n) is 5.51. The molecule has 2 aromatic heterocycles. The van der Waals surface area contributed by atoms with Crippen LogP contribution in [-0.2, 0) is 24.4 Å². The van der Waals surface area contributed by atoms with E-state index in [0.29, 0.717) is 30.2 Å². The van der Waals surface area contributed by atoms with E-state index < -0.39 is 6.43 Å². The summed E-state index contributed by atoms with van der Waals surface area (Å²) in [4.78, 5) is 19.0. The van der Waals surface area contributed by atoms with E-state index in [1.807, 2.05) is 36.4 Å². The molecule has 0 bridgehead atoms. The summed E-state index contributed by atoms with van der Waals surface area (Å²) in [6.07, 6.45) is -2.52. The summed E-state index contributed by atoms with van der Waals surface area (Å²) in [7, 11) is 0. The third kappa shape index (κ3) is 3.79. The summed E-state index contributed by atoms with van der Waals surface area (Å²) in [6.45, 7) is 2.63. The largest absolute Gasteiger partial charge is 0.444 e. The predicted octanol–water partition coefficient (Wildman–Crippen LogP) is 4.99. The highest BCUT2D eigenvalue weighted by Crippen LogP contribution is 2.29. The smallest absolute Gasteiger partial charge is 0.263 e. The summed E-state index contributed by atoms with van der Waals surface area (Å²) >= 11 is 0. The lowest BCUT2D eigenvalue weighted by Crippen LogP contribution is -2.30. The number of aromatic nitrogens is 3. The van der Waals surface area contributed by atoms with Gasteiger partial charge >= 0.3 is 0 Å². The van der Waals surface area contributed by atoms with Crippen LogP contribution in [0.1, 0.15) is 29.3 Å². The van der Waals surface area contributed by atoms with E-state index in [-0.39, 0.29) is 18.0 Å². The van der Waals surface area contributed by atoms with Crippen LogP contribution >= 0.6 is 0 Å². The second kappa shape index (κ2) is 8.03. The molecule has 0 saturated carbocycles. The maximum Gasteiger partial charge on any atom is 0.263 e. The number of hydrogen-bond acceptors (Lipinski definition) is 4. The minimum atomic E-state index is -2.52. The van der Waals surface area contributed by atoms with E-state index in [0.717, 1.165) is 22.7 Å². The van der Waals surface area contributed by atoms with Gasteiger partial charge in [0.05, 0.1) is 24.5 Å². The second-order valence-corrected chi connectivity index (χ2v) is 7.71. The first-order chi connectivity index (χ1) is 15.5. The Balaban J connectivity index is 1.44. The fourth-order valence-electron chi connectivity index (χ4n) is 3.89. The maximum absolute atomic E-state index is 13.0. The van der Waals surface area contributed by atoms with Gasteiger partial charge in [0.15, 0.2) is 5.89 Å². The lowest BCUT2D eigenvalue weighted by Gasteiger charge is -2.16. The molecule has 8 heteroatoms. The number of alkyl halides is 2. The molecule has 4 aromatic rings. The molecule has 5 rings (SSSR count). The minimum absolute atomic E-state index is 0.0404. The van der Waals surface area contributed by atoms with Gasteiger partial charge in [0, 0.05) is 18.1 Å². The Labute approximate surface area is 183 Å². The number of nitrogens with zero attached hydrogens (tertiary/aromatic N) is 4. The van der Waals surface area contributed by atoms with Crippen LogP contribution in [0.25, 0.3) is 22.5 Å². The molecule has 1 amide bonds. The highest BCUT2D eigenvalue weighted by atomic mass is 19.3. The van der Waals surface area contributed by atoms with E-state index in [9.17, 15) is 13.6 Å². The van der Waals surface area contributed by atoms with Crippen molar-refractivity contribution in [1.29, 1.82) is 0 Å². The van der Waals surface area contributed by atoms with Crippen molar-refractivity contribution in [3.05, 3.63) is 83.6 Å². The van der Waals surface area contributed by atoms with Crippen LogP contribution in [0, 0.1) is 6.92 Å². The van der Waals surface area contributed by atoms with Gasteiger partial charge in [-0.05, 0) is 11.6 Å². The number of amides is 1. The number of hydrogen-bond donors (Lipinski definition) is 0. The molecule has 1 aliphatic rings. The molecule has 0 N–H and O–H groups in total. The first-order valence-corrected chi connectivity index (χ1v) is 10.2. The quantitative estimate of drug-likeness (QED) is 0.444. The lowest BCUT2D eigenvalue weighted by atomic mass is 10.1. The second-order valence-electron chi connectivity index (χ2n) is 7.71. The Morgan fingerprint density at radius 2 is 1.81 bits per heavy atom. The van der Waals surface area contributed by atoms with Crippen molar-refractivity contribution in [2.75, 3.05) is 0 Å². The molecule has 0 aliphatic carbocycles. The van der Waals surface area contributed by atoms with Gasteiger partial charge in [0.2, 0.25) is 5.91 Å². The van der Waals surface area contributed by atoms with E-state index in [1.165, 1.54) is 12.1 Å². The maximum atomic E-state index is 13.0. The zero-order valence-electron chi connectivity index (χ0n) is 17.3. The Hall–Kier alpha value is -3.81. The van der Waals surface area contributed by atoms with Gasteiger partial charge in [-0.2, -0.15) is 5.10 Å². The Morgan fingerprint density at radius 3 is 2.50 bits per heavy atom. The van der Waals surface area contributed by atoms with Gasteiger partial charge in [-0.3, -0.25) is 9.48 Å². The summed E-state index contributed by atoms with van der Waals surface area (Å²) in [5.41, 5.74) is 3.76. The molecule has 0 radical (unpaired) electrons. The zero-order chi connectivity index (χ0) is 22.2. The van der Waals surface area contributed by atoms with Crippen molar-refractivity contribution in [2.45, 2.75) is 33.0 Å². The number of carbonyl (C=O) groups excluding carboxylic acids is 1. The van der Waals surface area contributed by atoms with Crippen molar-refractivity contribution in [2.24, 2.45) is 0 Å². The van der Waals surface area contributed by atoms with E-state index >= 15 is 0 Å². The minimum Gasteiger partial charge on any atom is -0.444 e. The molecule has 2 aromatic carbocycles. The van der Waals surface area contributed by atoms with Gasteiger partial charge in [-0.1, -0.05) is 54.6 Å². The van der Waals surface area contributed by atoms with Gasteiger partial charge < -0.3 is 9.32 Å². The van der Waals surface area contributed by atoms with Crippen LogP contribution < -0.4 is 0 Å². The molecule has 0 saturated heterocycles. The number of rotatable bonds is 5. The van der Waals surface area contributed by atoms with Crippen molar-refractivity contribution >= 4 is 5.91 Å².